The van der Waals surface area contributed by atoms with E-state index in [-0.39, 0.29) is 12.3 Å². The number of carbonyl (C=O) groups excluding carboxylic acids is 1. The minimum Gasteiger partial charge on any atom is -0.350 e. The number of benzene rings is 2. The van der Waals surface area contributed by atoms with E-state index in [9.17, 15) is 13.6 Å². The van der Waals surface area contributed by atoms with Crippen molar-refractivity contribution in [3.8, 4) is 0 Å². The van der Waals surface area contributed by atoms with Crippen molar-refractivity contribution < 1.29 is 13.6 Å². The average Bonchev–Trinajstić information content (AvgIpc) is 3.08. The van der Waals surface area contributed by atoms with Crippen molar-refractivity contribution in [2.75, 3.05) is 0 Å². The van der Waals surface area contributed by atoms with Crippen molar-refractivity contribution in [2.45, 2.75) is 39.7 Å². The van der Waals surface area contributed by atoms with Crippen LogP contribution in [0.4, 0.5) is 8.78 Å². The molecule has 0 aliphatic carbocycles. The molecule has 4 aromatic rings. The predicted molar refractivity (Wildman–Crippen MR) is 111 cm³/mol. The molecule has 1 unspecified atom stereocenters. The Balaban J connectivity index is 1.50. The maximum absolute atomic E-state index is 13.4. The van der Waals surface area contributed by atoms with Gasteiger partial charge in [-0.2, -0.15) is 5.10 Å². The van der Waals surface area contributed by atoms with E-state index in [0.29, 0.717) is 12.0 Å². The third kappa shape index (κ3) is 3.63. The molecular formula is C23H22F2N4O. The molecule has 1 amide bonds. The summed E-state index contributed by atoms with van der Waals surface area (Å²) in [5, 5.41) is 8.47. The molecule has 1 atom stereocenters. The Morgan fingerprint density at radius 2 is 1.90 bits per heavy atom. The van der Waals surface area contributed by atoms with Gasteiger partial charge in [-0.1, -0.05) is 18.2 Å². The van der Waals surface area contributed by atoms with Crippen molar-refractivity contribution >= 4 is 22.5 Å². The summed E-state index contributed by atoms with van der Waals surface area (Å²) in [7, 11) is 0. The Hall–Kier alpha value is -3.35. The zero-order chi connectivity index (χ0) is 21.4. The third-order valence-electron chi connectivity index (χ3n) is 5.44. The Bertz CT molecular complexity index is 1270. The molecule has 0 saturated heterocycles. The number of rotatable bonds is 5. The van der Waals surface area contributed by atoms with Gasteiger partial charge in [0.15, 0.2) is 17.3 Å². The number of aryl methyl sites for hydroxylation is 2. The molecule has 0 aliphatic rings. The average molecular weight is 408 g/mol. The summed E-state index contributed by atoms with van der Waals surface area (Å²) in [6.07, 6.45) is 0.761. The first kappa shape index (κ1) is 19.9. The maximum atomic E-state index is 13.4. The van der Waals surface area contributed by atoms with Crippen molar-refractivity contribution in [2.24, 2.45) is 0 Å². The number of halogens is 2. The molecule has 0 spiro atoms. The highest BCUT2D eigenvalue weighted by atomic mass is 19.2. The predicted octanol–water partition coefficient (Wildman–Crippen LogP) is 4.59. The monoisotopic (exact) mass is 408 g/mol. The Morgan fingerprint density at radius 3 is 2.67 bits per heavy atom. The molecule has 4 rings (SSSR count). The first-order chi connectivity index (χ1) is 14.3. The Labute approximate surface area is 172 Å². The van der Waals surface area contributed by atoms with Crippen molar-refractivity contribution in [3.63, 3.8) is 0 Å². The lowest BCUT2D eigenvalue weighted by Crippen LogP contribution is -2.27. The van der Waals surface area contributed by atoms with Gasteiger partial charge in [-0.05, 0) is 62.6 Å². The Morgan fingerprint density at radius 1 is 1.13 bits per heavy atom. The van der Waals surface area contributed by atoms with Crippen LogP contribution in [-0.2, 0) is 11.2 Å². The number of nitrogens with zero attached hydrogens (tertiary/aromatic N) is 3. The highest BCUT2D eigenvalue weighted by molar-refractivity contribution is 5.92. The molecule has 30 heavy (non-hydrogen) atoms. The second kappa shape index (κ2) is 7.82. The molecule has 1 N–H and O–H groups in total. The number of hydrogen-bond donors (Lipinski definition) is 1. The van der Waals surface area contributed by atoms with Crippen LogP contribution in [0.1, 0.15) is 41.9 Å². The van der Waals surface area contributed by atoms with Crippen molar-refractivity contribution in [3.05, 3.63) is 76.6 Å². The molecule has 2 aromatic heterocycles. The molecule has 0 bridgehead atoms. The number of aromatic nitrogens is 3. The van der Waals surface area contributed by atoms with E-state index >= 15 is 0 Å². The zero-order valence-corrected chi connectivity index (χ0v) is 17.0. The number of amides is 1. The summed E-state index contributed by atoms with van der Waals surface area (Å²) in [6.45, 7) is 5.65. The van der Waals surface area contributed by atoms with E-state index in [0.717, 1.165) is 45.6 Å². The first-order valence-electron chi connectivity index (χ1n) is 9.83. The van der Waals surface area contributed by atoms with Crippen LogP contribution in [0.25, 0.3) is 16.6 Å². The van der Waals surface area contributed by atoms with E-state index in [2.05, 4.69) is 10.4 Å². The fraction of sp³-hybridized carbons (Fsp3) is 0.261. The van der Waals surface area contributed by atoms with Gasteiger partial charge >= 0.3 is 0 Å². The SMILES string of the molecule is Cc1nc2c3ccccc3nn2c(C)c1CCC(=O)NC(C)c1ccc(F)c(F)c1. The van der Waals surface area contributed by atoms with Gasteiger partial charge in [0.1, 0.15) is 0 Å². The lowest BCUT2D eigenvalue weighted by atomic mass is 10.0. The molecule has 0 fully saturated rings. The van der Waals surface area contributed by atoms with Crippen LogP contribution in [0.2, 0.25) is 0 Å². The summed E-state index contributed by atoms with van der Waals surface area (Å²) in [5.74, 6) is -2.00. The fourth-order valence-electron chi connectivity index (χ4n) is 3.76. The molecule has 154 valence electrons. The van der Waals surface area contributed by atoms with Crippen LogP contribution in [0.15, 0.2) is 42.5 Å². The van der Waals surface area contributed by atoms with Crippen LogP contribution >= 0.6 is 0 Å². The lowest BCUT2D eigenvalue weighted by Gasteiger charge is -2.15. The quantitative estimate of drug-likeness (QED) is 0.526. The molecule has 2 aromatic carbocycles. The molecule has 2 heterocycles. The molecule has 0 saturated carbocycles. The van der Waals surface area contributed by atoms with Gasteiger partial charge in [0.05, 0.1) is 11.6 Å². The van der Waals surface area contributed by atoms with Crippen LogP contribution in [0, 0.1) is 25.5 Å². The largest absolute Gasteiger partial charge is 0.350 e. The Kier molecular flexibility index (Phi) is 5.20. The fourth-order valence-corrected chi connectivity index (χ4v) is 3.76. The summed E-state index contributed by atoms with van der Waals surface area (Å²) < 4.78 is 28.4. The molecule has 0 aliphatic heterocycles. The van der Waals surface area contributed by atoms with Gasteiger partial charge < -0.3 is 5.32 Å². The van der Waals surface area contributed by atoms with E-state index in [1.54, 1.807) is 6.92 Å². The van der Waals surface area contributed by atoms with Crippen LogP contribution < -0.4 is 5.32 Å². The van der Waals surface area contributed by atoms with Gasteiger partial charge in [0.25, 0.3) is 0 Å². The minimum atomic E-state index is -0.925. The highest BCUT2D eigenvalue weighted by Crippen LogP contribution is 2.23. The number of fused-ring (bicyclic) bond motifs is 3. The third-order valence-corrected chi connectivity index (χ3v) is 5.44. The molecule has 7 heteroatoms. The van der Waals surface area contributed by atoms with Crippen molar-refractivity contribution in [1.82, 2.24) is 19.9 Å². The van der Waals surface area contributed by atoms with Gasteiger partial charge in [-0.3, -0.25) is 4.79 Å². The minimum absolute atomic E-state index is 0.170. The van der Waals surface area contributed by atoms with Crippen molar-refractivity contribution in [1.29, 1.82) is 0 Å². The van der Waals surface area contributed by atoms with Crippen LogP contribution in [-0.4, -0.2) is 20.5 Å². The van der Waals surface area contributed by atoms with E-state index in [1.807, 2.05) is 42.6 Å². The van der Waals surface area contributed by atoms with Gasteiger partial charge in [0, 0.05) is 23.2 Å². The smallest absolute Gasteiger partial charge is 0.220 e. The lowest BCUT2D eigenvalue weighted by molar-refractivity contribution is -0.121. The van der Waals surface area contributed by atoms with E-state index in [4.69, 9.17) is 4.98 Å². The van der Waals surface area contributed by atoms with Crippen LogP contribution in [0.5, 0.6) is 0 Å². The van der Waals surface area contributed by atoms with Gasteiger partial charge in [-0.15, -0.1) is 0 Å². The topological polar surface area (TPSA) is 59.3 Å². The zero-order valence-electron chi connectivity index (χ0n) is 17.0. The van der Waals surface area contributed by atoms with Gasteiger partial charge in [0.2, 0.25) is 5.91 Å². The number of hydrogen-bond acceptors (Lipinski definition) is 3. The highest BCUT2D eigenvalue weighted by Gasteiger charge is 2.16. The second-order valence-electron chi connectivity index (χ2n) is 7.48. The summed E-state index contributed by atoms with van der Waals surface area (Å²) in [5.41, 5.74) is 5.00. The summed E-state index contributed by atoms with van der Waals surface area (Å²) in [4.78, 5) is 17.2. The van der Waals surface area contributed by atoms with E-state index in [1.165, 1.54) is 6.07 Å². The standard InChI is InChI=1S/C23H22F2N4O/c1-13(16-8-10-19(24)20(25)12-16)26-22(30)11-9-17-14(2)27-23-18-6-4-5-7-21(18)28-29(23)15(17)3/h4-8,10,12-13H,9,11H2,1-3H3,(H,26,30). The molecular weight excluding hydrogens is 386 g/mol. The molecule has 0 radical (unpaired) electrons. The maximum Gasteiger partial charge on any atom is 0.220 e. The second-order valence-corrected chi connectivity index (χ2v) is 7.48. The number of carbonyl (C=O) groups is 1. The van der Waals surface area contributed by atoms with Gasteiger partial charge in [-0.25, -0.2) is 18.3 Å². The van der Waals surface area contributed by atoms with E-state index < -0.39 is 17.7 Å². The first-order valence-corrected chi connectivity index (χ1v) is 9.83. The normalized spacial score (nSPS) is 12.4. The summed E-state index contributed by atoms with van der Waals surface area (Å²) >= 11 is 0. The number of nitrogens with one attached hydrogen (secondary N) is 1. The molecule has 5 nitrogen and oxygen atoms in total. The van der Waals surface area contributed by atoms with Crippen LogP contribution in [0.3, 0.4) is 0 Å². The summed E-state index contributed by atoms with van der Waals surface area (Å²) in [6, 6.07) is 11.1.